The van der Waals surface area contributed by atoms with Gasteiger partial charge in [0.2, 0.25) is 10.0 Å². The number of para-hydroxylation sites is 1. The summed E-state index contributed by atoms with van der Waals surface area (Å²) < 4.78 is 31.9. The smallest absolute Gasteiger partial charge is 0.217 e. The number of rotatable bonds is 4. The first kappa shape index (κ1) is 16.6. The standard InChI is InChI=1S/C18H23N3O3S/c1-13-12-17(19-18-15(13)4-3-5-16(18)24-2)20-8-10-21(11-9-20)25(22,23)14-6-7-14/h3-5,12,14H,6-11H2,1-2H3. The Morgan fingerprint density at radius 2 is 1.88 bits per heavy atom. The number of aromatic nitrogens is 1. The normalized spacial score (nSPS) is 19.4. The largest absolute Gasteiger partial charge is 0.494 e. The highest BCUT2D eigenvalue weighted by molar-refractivity contribution is 7.90. The number of ether oxygens (including phenoxy) is 1. The highest BCUT2D eigenvalue weighted by Crippen LogP contribution is 2.33. The number of aryl methyl sites for hydroxylation is 1. The van der Waals surface area contributed by atoms with Gasteiger partial charge in [-0.25, -0.2) is 13.4 Å². The van der Waals surface area contributed by atoms with Crippen LogP contribution in [0.15, 0.2) is 24.3 Å². The number of pyridine rings is 1. The lowest BCUT2D eigenvalue weighted by molar-refractivity contribution is 0.383. The van der Waals surface area contributed by atoms with Crippen LogP contribution in [0.3, 0.4) is 0 Å². The van der Waals surface area contributed by atoms with Gasteiger partial charge >= 0.3 is 0 Å². The summed E-state index contributed by atoms with van der Waals surface area (Å²) in [5.74, 6) is 1.65. The summed E-state index contributed by atoms with van der Waals surface area (Å²) in [5.41, 5.74) is 2.00. The minimum Gasteiger partial charge on any atom is -0.494 e. The highest BCUT2D eigenvalue weighted by atomic mass is 32.2. The van der Waals surface area contributed by atoms with Crippen molar-refractivity contribution in [2.75, 3.05) is 38.2 Å². The highest BCUT2D eigenvalue weighted by Gasteiger charge is 2.41. The lowest BCUT2D eigenvalue weighted by Gasteiger charge is -2.35. The zero-order chi connectivity index (χ0) is 17.6. The van der Waals surface area contributed by atoms with E-state index in [4.69, 9.17) is 9.72 Å². The van der Waals surface area contributed by atoms with Crippen LogP contribution in [0.5, 0.6) is 5.75 Å². The van der Waals surface area contributed by atoms with Crippen molar-refractivity contribution in [3.05, 3.63) is 29.8 Å². The van der Waals surface area contributed by atoms with Crippen LogP contribution in [0.4, 0.5) is 5.82 Å². The van der Waals surface area contributed by atoms with Crippen molar-refractivity contribution in [1.29, 1.82) is 0 Å². The molecule has 2 aromatic rings. The molecule has 0 bridgehead atoms. The minimum atomic E-state index is -3.08. The number of hydrogen-bond acceptors (Lipinski definition) is 5. The third kappa shape index (κ3) is 2.95. The molecule has 4 rings (SSSR count). The molecule has 0 N–H and O–H groups in total. The Balaban J connectivity index is 1.59. The van der Waals surface area contributed by atoms with E-state index in [1.54, 1.807) is 11.4 Å². The van der Waals surface area contributed by atoms with Crippen LogP contribution in [-0.2, 0) is 10.0 Å². The molecule has 134 valence electrons. The SMILES string of the molecule is COc1cccc2c(C)cc(N3CCN(S(=O)(=O)C4CC4)CC3)nc12. The van der Waals surface area contributed by atoms with Gasteiger partial charge < -0.3 is 9.64 Å². The molecule has 0 amide bonds. The summed E-state index contributed by atoms with van der Waals surface area (Å²) in [4.78, 5) is 6.96. The second kappa shape index (κ2) is 6.14. The Morgan fingerprint density at radius 3 is 2.52 bits per heavy atom. The van der Waals surface area contributed by atoms with Gasteiger partial charge in [-0.3, -0.25) is 0 Å². The van der Waals surface area contributed by atoms with E-state index >= 15 is 0 Å². The van der Waals surface area contributed by atoms with Crippen LogP contribution in [0.1, 0.15) is 18.4 Å². The van der Waals surface area contributed by atoms with Crippen LogP contribution < -0.4 is 9.64 Å². The van der Waals surface area contributed by atoms with Crippen molar-refractivity contribution in [3.63, 3.8) is 0 Å². The van der Waals surface area contributed by atoms with E-state index < -0.39 is 10.0 Å². The third-order valence-electron chi connectivity index (χ3n) is 5.08. The fourth-order valence-corrected chi connectivity index (χ4v) is 5.27. The first-order chi connectivity index (χ1) is 12.0. The van der Waals surface area contributed by atoms with Gasteiger partial charge in [-0.2, -0.15) is 4.31 Å². The molecule has 7 heteroatoms. The molecule has 1 aromatic carbocycles. The van der Waals surface area contributed by atoms with Crippen molar-refractivity contribution in [2.45, 2.75) is 25.0 Å². The number of methoxy groups -OCH3 is 1. The molecule has 1 aromatic heterocycles. The molecule has 0 radical (unpaired) electrons. The third-order valence-corrected chi connectivity index (χ3v) is 7.48. The topological polar surface area (TPSA) is 62.7 Å². The number of nitrogens with zero attached hydrogens (tertiary/aromatic N) is 3. The molecule has 0 atom stereocenters. The fourth-order valence-electron chi connectivity index (χ4n) is 3.45. The quantitative estimate of drug-likeness (QED) is 0.835. The van der Waals surface area contributed by atoms with E-state index in [9.17, 15) is 8.42 Å². The van der Waals surface area contributed by atoms with Gasteiger partial charge in [0.25, 0.3) is 0 Å². The number of piperazine rings is 1. The fraction of sp³-hybridized carbons (Fsp3) is 0.500. The van der Waals surface area contributed by atoms with Gasteiger partial charge in [-0.1, -0.05) is 12.1 Å². The maximum atomic E-state index is 12.4. The number of fused-ring (bicyclic) bond motifs is 1. The minimum absolute atomic E-state index is 0.135. The molecule has 25 heavy (non-hydrogen) atoms. The molecule has 2 aliphatic rings. The molecule has 1 saturated heterocycles. The number of anilines is 1. The maximum Gasteiger partial charge on any atom is 0.217 e. The number of benzene rings is 1. The maximum absolute atomic E-state index is 12.4. The second-order valence-corrected chi connectivity index (χ2v) is 9.00. The second-order valence-electron chi connectivity index (χ2n) is 6.78. The zero-order valence-electron chi connectivity index (χ0n) is 14.6. The number of hydrogen-bond donors (Lipinski definition) is 0. The zero-order valence-corrected chi connectivity index (χ0v) is 15.4. The van der Waals surface area contributed by atoms with Crippen molar-refractivity contribution >= 4 is 26.7 Å². The Labute approximate surface area is 148 Å². The van der Waals surface area contributed by atoms with Gasteiger partial charge in [0.1, 0.15) is 17.1 Å². The van der Waals surface area contributed by atoms with Gasteiger partial charge in [0, 0.05) is 31.6 Å². The molecule has 0 unspecified atom stereocenters. The van der Waals surface area contributed by atoms with E-state index in [1.165, 1.54) is 0 Å². The summed E-state index contributed by atoms with van der Waals surface area (Å²) in [5, 5.41) is 0.947. The molecule has 1 aliphatic heterocycles. The Morgan fingerprint density at radius 1 is 1.16 bits per heavy atom. The molecular formula is C18H23N3O3S. The monoisotopic (exact) mass is 361 g/mol. The Kier molecular flexibility index (Phi) is 4.08. The van der Waals surface area contributed by atoms with Crippen molar-refractivity contribution in [1.82, 2.24) is 9.29 Å². The summed E-state index contributed by atoms with van der Waals surface area (Å²) in [6, 6.07) is 8.01. The lowest BCUT2D eigenvalue weighted by Crippen LogP contribution is -2.49. The lowest BCUT2D eigenvalue weighted by atomic mass is 10.1. The summed E-state index contributed by atoms with van der Waals surface area (Å²) in [6.45, 7) is 4.46. The average Bonchev–Trinajstić information content (AvgIpc) is 3.47. The predicted octanol–water partition coefficient (Wildman–Crippen LogP) is 2.17. The van der Waals surface area contributed by atoms with E-state index in [1.807, 2.05) is 18.2 Å². The molecule has 2 heterocycles. The van der Waals surface area contributed by atoms with E-state index in [-0.39, 0.29) is 5.25 Å². The summed E-state index contributed by atoms with van der Waals surface area (Å²) in [7, 11) is -1.43. The molecule has 1 aliphatic carbocycles. The van der Waals surface area contributed by atoms with Crippen LogP contribution in [0.2, 0.25) is 0 Å². The first-order valence-corrected chi connectivity index (χ1v) is 10.2. The van der Waals surface area contributed by atoms with Gasteiger partial charge in [0.05, 0.1) is 12.4 Å². The number of sulfonamides is 1. The molecular weight excluding hydrogens is 338 g/mol. The summed E-state index contributed by atoms with van der Waals surface area (Å²) >= 11 is 0. The van der Waals surface area contributed by atoms with Gasteiger partial charge in [-0.15, -0.1) is 0 Å². The first-order valence-electron chi connectivity index (χ1n) is 8.69. The van der Waals surface area contributed by atoms with E-state index in [0.717, 1.165) is 40.9 Å². The molecule has 1 saturated carbocycles. The molecule has 0 spiro atoms. The van der Waals surface area contributed by atoms with Gasteiger partial charge in [-0.05, 0) is 37.5 Å². The summed E-state index contributed by atoms with van der Waals surface area (Å²) in [6.07, 6.45) is 1.63. The molecule has 2 fully saturated rings. The Hall–Kier alpha value is -1.86. The van der Waals surface area contributed by atoms with E-state index in [0.29, 0.717) is 26.2 Å². The van der Waals surface area contributed by atoms with Crippen LogP contribution in [0.25, 0.3) is 10.9 Å². The molecule has 6 nitrogen and oxygen atoms in total. The van der Waals surface area contributed by atoms with Crippen molar-refractivity contribution in [2.24, 2.45) is 0 Å². The van der Waals surface area contributed by atoms with Crippen LogP contribution in [0, 0.1) is 6.92 Å². The van der Waals surface area contributed by atoms with Crippen molar-refractivity contribution in [3.8, 4) is 5.75 Å². The average molecular weight is 361 g/mol. The van der Waals surface area contributed by atoms with Crippen LogP contribution in [-0.4, -0.2) is 56.2 Å². The van der Waals surface area contributed by atoms with Crippen LogP contribution >= 0.6 is 0 Å². The predicted molar refractivity (Wildman–Crippen MR) is 98.8 cm³/mol. The van der Waals surface area contributed by atoms with Crippen molar-refractivity contribution < 1.29 is 13.2 Å². The van der Waals surface area contributed by atoms with Gasteiger partial charge in [0.15, 0.2) is 0 Å². The van der Waals surface area contributed by atoms with E-state index in [2.05, 4.69) is 17.9 Å². The Bertz CT molecular complexity index is 901.